The third kappa shape index (κ3) is 3.43. The largest absolute Gasteiger partial charge is 0.359 e. The molecule has 98 valence electrons. The van der Waals surface area contributed by atoms with Crippen molar-refractivity contribution in [2.75, 3.05) is 6.54 Å². The maximum Gasteiger partial charge on any atom is 0.241 e. The van der Waals surface area contributed by atoms with E-state index in [9.17, 15) is 4.79 Å². The fourth-order valence-electron chi connectivity index (χ4n) is 1.89. The molecule has 2 N–H and O–H groups in total. The molecule has 1 atom stereocenters. The van der Waals surface area contributed by atoms with Gasteiger partial charge in [0, 0.05) is 12.6 Å². The fraction of sp³-hybridized carbons (Fsp3) is 0.538. The summed E-state index contributed by atoms with van der Waals surface area (Å²) in [5.74, 6) is 1.21. The van der Waals surface area contributed by atoms with Gasteiger partial charge in [-0.25, -0.2) is 0 Å². The molecule has 1 amide bonds. The smallest absolute Gasteiger partial charge is 0.241 e. The number of aromatic nitrogens is 1. The Morgan fingerprint density at radius 2 is 2.50 bits per heavy atom. The third-order valence-electron chi connectivity index (χ3n) is 2.73. The maximum atomic E-state index is 11.7. The van der Waals surface area contributed by atoms with Crippen LogP contribution in [0.15, 0.2) is 22.7 Å². The van der Waals surface area contributed by atoms with Crippen molar-refractivity contribution in [3.05, 3.63) is 29.7 Å². The SMILES string of the molecule is CC(C)Cc1cc(CNC(=O)[C@H]2C=CCN2)on1. The van der Waals surface area contributed by atoms with Crippen LogP contribution in [0.2, 0.25) is 0 Å². The molecule has 1 aliphatic heterocycles. The van der Waals surface area contributed by atoms with Crippen molar-refractivity contribution in [1.29, 1.82) is 0 Å². The summed E-state index contributed by atoms with van der Waals surface area (Å²) < 4.78 is 5.18. The lowest BCUT2D eigenvalue weighted by atomic mass is 10.1. The summed E-state index contributed by atoms with van der Waals surface area (Å²) >= 11 is 0. The van der Waals surface area contributed by atoms with Gasteiger partial charge in [0.1, 0.15) is 6.04 Å². The summed E-state index contributed by atoms with van der Waals surface area (Å²) in [5.41, 5.74) is 0.938. The number of nitrogens with one attached hydrogen (secondary N) is 2. The van der Waals surface area contributed by atoms with Gasteiger partial charge in [0.2, 0.25) is 5.91 Å². The van der Waals surface area contributed by atoms with Crippen LogP contribution in [0.25, 0.3) is 0 Å². The second-order valence-corrected chi connectivity index (χ2v) is 4.91. The number of nitrogens with zero attached hydrogens (tertiary/aromatic N) is 1. The summed E-state index contributed by atoms with van der Waals surface area (Å²) in [6.07, 6.45) is 4.70. The summed E-state index contributed by atoms with van der Waals surface area (Å²) in [7, 11) is 0. The van der Waals surface area contributed by atoms with Gasteiger partial charge >= 0.3 is 0 Å². The molecule has 18 heavy (non-hydrogen) atoms. The van der Waals surface area contributed by atoms with E-state index in [1.165, 1.54) is 0 Å². The van der Waals surface area contributed by atoms with Crippen LogP contribution in [0, 0.1) is 5.92 Å². The number of hydrogen-bond donors (Lipinski definition) is 2. The highest BCUT2D eigenvalue weighted by molar-refractivity contribution is 5.84. The molecule has 1 aromatic heterocycles. The van der Waals surface area contributed by atoms with E-state index in [4.69, 9.17) is 4.52 Å². The normalized spacial score (nSPS) is 18.5. The second kappa shape index (κ2) is 5.82. The van der Waals surface area contributed by atoms with E-state index < -0.39 is 0 Å². The van der Waals surface area contributed by atoms with Crippen LogP contribution >= 0.6 is 0 Å². The van der Waals surface area contributed by atoms with Crippen LogP contribution < -0.4 is 10.6 Å². The van der Waals surface area contributed by atoms with Crippen molar-refractivity contribution in [1.82, 2.24) is 15.8 Å². The van der Waals surface area contributed by atoms with E-state index in [0.717, 1.165) is 18.7 Å². The highest BCUT2D eigenvalue weighted by atomic mass is 16.5. The molecule has 0 aliphatic carbocycles. The molecule has 1 aliphatic rings. The van der Waals surface area contributed by atoms with Crippen LogP contribution in [0.5, 0.6) is 0 Å². The Bertz CT molecular complexity index is 437. The molecule has 0 saturated carbocycles. The zero-order valence-corrected chi connectivity index (χ0v) is 10.8. The van der Waals surface area contributed by atoms with Gasteiger partial charge in [0.05, 0.1) is 12.2 Å². The minimum atomic E-state index is -0.219. The van der Waals surface area contributed by atoms with E-state index in [1.54, 1.807) is 0 Å². The monoisotopic (exact) mass is 249 g/mol. The van der Waals surface area contributed by atoms with Crippen molar-refractivity contribution < 1.29 is 9.32 Å². The molecule has 0 spiro atoms. The van der Waals surface area contributed by atoms with Crippen molar-refractivity contribution in [3.8, 4) is 0 Å². The van der Waals surface area contributed by atoms with Gasteiger partial charge in [-0.3, -0.25) is 10.1 Å². The van der Waals surface area contributed by atoms with E-state index in [2.05, 4.69) is 29.6 Å². The molecule has 0 bridgehead atoms. The van der Waals surface area contributed by atoms with Gasteiger partial charge in [0.15, 0.2) is 5.76 Å². The molecular formula is C13H19N3O2. The Kier molecular flexibility index (Phi) is 4.15. The van der Waals surface area contributed by atoms with Crippen LogP contribution in [0.1, 0.15) is 25.3 Å². The molecule has 5 nitrogen and oxygen atoms in total. The molecule has 0 aromatic carbocycles. The number of hydrogen-bond acceptors (Lipinski definition) is 4. The summed E-state index contributed by atoms with van der Waals surface area (Å²) in [6.45, 7) is 5.40. The second-order valence-electron chi connectivity index (χ2n) is 4.91. The molecule has 0 saturated heterocycles. The summed E-state index contributed by atoms with van der Waals surface area (Å²) in [5, 5.41) is 9.85. The highest BCUT2D eigenvalue weighted by Crippen LogP contribution is 2.09. The Labute approximate surface area is 107 Å². The van der Waals surface area contributed by atoms with Crippen molar-refractivity contribution in [2.45, 2.75) is 32.9 Å². The Balaban J connectivity index is 1.80. The van der Waals surface area contributed by atoms with Crippen molar-refractivity contribution in [3.63, 3.8) is 0 Å². The van der Waals surface area contributed by atoms with Crippen LogP contribution in [0.4, 0.5) is 0 Å². The predicted molar refractivity (Wildman–Crippen MR) is 67.8 cm³/mol. The molecular weight excluding hydrogens is 230 g/mol. The Morgan fingerprint density at radius 1 is 1.67 bits per heavy atom. The lowest BCUT2D eigenvalue weighted by molar-refractivity contribution is -0.122. The summed E-state index contributed by atoms with van der Waals surface area (Å²) in [4.78, 5) is 11.7. The van der Waals surface area contributed by atoms with Crippen LogP contribution in [-0.2, 0) is 17.8 Å². The van der Waals surface area contributed by atoms with Gasteiger partial charge in [-0.15, -0.1) is 0 Å². The predicted octanol–water partition coefficient (Wildman–Crippen LogP) is 1.02. The first kappa shape index (κ1) is 12.8. The fourth-order valence-corrected chi connectivity index (χ4v) is 1.89. The molecule has 0 radical (unpaired) electrons. The van der Waals surface area contributed by atoms with Gasteiger partial charge < -0.3 is 9.84 Å². The van der Waals surface area contributed by atoms with E-state index in [-0.39, 0.29) is 11.9 Å². The minimum absolute atomic E-state index is 0.0365. The van der Waals surface area contributed by atoms with Crippen LogP contribution in [-0.4, -0.2) is 23.7 Å². The Morgan fingerprint density at radius 3 is 3.17 bits per heavy atom. The van der Waals surface area contributed by atoms with Gasteiger partial charge in [-0.05, 0) is 12.3 Å². The molecule has 2 rings (SSSR count). The number of carbonyl (C=O) groups is 1. The van der Waals surface area contributed by atoms with Crippen LogP contribution in [0.3, 0.4) is 0 Å². The van der Waals surface area contributed by atoms with Crippen molar-refractivity contribution >= 4 is 5.91 Å². The lowest BCUT2D eigenvalue weighted by Crippen LogP contribution is -2.40. The highest BCUT2D eigenvalue weighted by Gasteiger charge is 2.17. The quantitative estimate of drug-likeness (QED) is 0.764. The Hall–Kier alpha value is -1.62. The van der Waals surface area contributed by atoms with Gasteiger partial charge in [-0.1, -0.05) is 31.2 Å². The standard InChI is InChI=1S/C13H19N3O2/c1-9(2)6-10-7-11(18-16-10)8-15-13(17)12-4-3-5-14-12/h3-4,7,9,12,14H,5-6,8H2,1-2H3,(H,15,17)/t12-/m1/s1. The van der Waals surface area contributed by atoms with E-state index in [0.29, 0.717) is 18.2 Å². The molecule has 2 heterocycles. The first-order valence-electron chi connectivity index (χ1n) is 6.27. The van der Waals surface area contributed by atoms with Crippen molar-refractivity contribution in [2.24, 2.45) is 5.92 Å². The molecule has 5 heteroatoms. The topological polar surface area (TPSA) is 67.2 Å². The number of amides is 1. The lowest BCUT2D eigenvalue weighted by Gasteiger charge is -2.08. The van der Waals surface area contributed by atoms with E-state index in [1.807, 2.05) is 18.2 Å². The molecule has 0 unspecified atom stereocenters. The average Bonchev–Trinajstić information content (AvgIpc) is 2.95. The number of carbonyl (C=O) groups excluding carboxylic acids is 1. The first-order chi connectivity index (χ1) is 8.65. The van der Waals surface area contributed by atoms with Gasteiger partial charge in [0.25, 0.3) is 0 Å². The summed E-state index contributed by atoms with van der Waals surface area (Å²) in [6, 6.07) is 1.68. The zero-order chi connectivity index (χ0) is 13.0. The number of rotatable bonds is 5. The van der Waals surface area contributed by atoms with Gasteiger partial charge in [-0.2, -0.15) is 0 Å². The molecule has 1 aromatic rings. The average molecular weight is 249 g/mol. The third-order valence-corrected chi connectivity index (χ3v) is 2.73. The first-order valence-corrected chi connectivity index (χ1v) is 6.27. The molecule has 0 fully saturated rings. The minimum Gasteiger partial charge on any atom is -0.359 e. The zero-order valence-electron chi connectivity index (χ0n) is 10.8. The van der Waals surface area contributed by atoms with E-state index >= 15 is 0 Å². The maximum absolute atomic E-state index is 11.7.